The first-order valence-electron chi connectivity index (χ1n) is 6.82. The Morgan fingerprint density at radius 2 is 1.91 bits per heavy atom. The van der Waals surface area contributed by atoms with Gasteiger partial charge in [-0.1, -0.05) is 28.9 Å². The largest absolute Gasteiger partial charge is 0.339 e. The van der Waals surface area contributed by atoms with Crippen molar-refractivity contribution >= 4 is 27.0 Å². The molecule has 0 bridgehead atoms. The van der Waals surface area contributed by atoms with Gasteiger partial charge in [-0.15, -0.1) is 0 Å². The van der Waals surface area contributed by atoms with Gasteiger partial charge in [0.05, 0.1) is 15.4 Å². The molecule has 7 heteroatoms. The number of hydrogen-bond donors (Lipinski definition) is 0. The minimum absolute atomic E-state index is 0.480. The highest BCUT2D eigenvalue weighted by Gasteiger charge is 2.09. The van der Waals surface area contributed by atoms with Crippen LogP contribution in [-0.4, -0.2) is 20.6 Å². The predicted molar refractivity (Wildman–Crippen MR) is 90.3 cm³/mol. The van der Waals surface area contributed by atoms with Crippen LogP contribution in [0.5, 0.6) is 0 Å². The molecule has 5 nitrogen and oxygen atoms in total. The Labute approximate surface area is 139 Å². The summed E-state index contributed by atoms with van der Waals surface area (Å²) in [6.45, 7) is 1.73. The minimum atomic E-state index is -2.57. The monoisotopic (exact) mass is 347 g/mol. The molecule has 0 aliphatic rings. The molecular weight excluding hydrogens is 334 g/mol. The van der Waals surface area contributed by atoms with Crippen LogP contribution in [0.3, 0.4) is 0 Å². The van der Waals surface area contributed by atoms with Crippen LogP contribution in [0.1, 0.15) is 5.89 Å². The Kier molecular flexibility index (Phi) is 4.19. The van der Waals surface area contributed by atoms with E-state index in [2.05, 4.69) is 14.5 Å². The fraction of sp³-hybridized carbons (Fsp3) is 0.125. The van der Waals surface area contributed by atoms with E-state index in [9.17, 15) is 4.21 Å². The third-order valence-electron chi connectivity index (χ3n) is 3.16. The second-order valence-corrected chi connectivity index (χ2v) is 7.73. The predicted octanol–water partition coefficient (Wildman–Crippen LogP) is 4.49. The fourth-order valence-electron chi connectivity index (χ4n) is 2.06. The molecule has 0 spiro atoms. The number of halogens is 1. The summed E-state index contributed by atoms with van der Waals surface area (Å²) in [5.74, 6) is 0.969. The first-order valence-corrected chi connectivity index (χ1v) is 9.13. The molecule has 0 N–H and O–H groups in total. The highest BCUT2D eigenvalue weighted by Crippen LogP contribution is 2.25. The van der Waals surface area contributed by atoms with Crippen molar-refractivity contribution in [3.05, 3.63) is 59.4 Å². The van der Waals surface area contributed by atoms with E-state index in [1.165, 1.54) is 0 Å². The van der Waals surface area contributed by atoms with Crippen molar-refractivity contribution in [3.8, 4) is 11.4 Å². The van der Waals surface area contributed by atoms with Gasteiger partial charge in [-0.3, -0.25) is 0 Å². The van der Waals surface area contributed by atoms with Crippen LogP contribution in [0, 0.1) is 6.92 Å². The summed E-state index contributed by atoms with van der Waals surface area (Å²) in [5, 5.41) is 4.47. The maximum absolute atomic E-state index is 12.9. The number of benzene rings is 2. The van der Waals surface area contributed by atoms with Crippen LogP contribution < -0.4 is 0 Å². The Bertz CT molecular complexity index is 957. The molecule has 1 aromatic heterocycles. The van der Waals surface area contributed by atoms with Gasteiger partial charge in [-0.25, -0.2) is 4.21 Å². The summed E-state index contributed by atoms with van der Waals surface area (Å²) in [4.78, 5) is 4.81. The van der Waals surface area contributed by atoms with Crippen LogP contribution >= 0.6 is 11.6 Å². The number of aromatic nitrogens is 2. The zero-order valence-corrected chi connectivity index (χ0v) is 14.1. The third kappa shape index (κ3) is 3.60. The second-order valence-electron chi connectivity index (χ2n) is 5.04. The summed E-state index contributed by atoms with van der Waals surface area (Å²) in [6, 6.07) is 14.1. The molecule has 0 radical (unpaired) electrons. The zero-order chi connectivity index (χ0) is 16.4. The summed E-state index contributed by atoms with van der Waals surface area (Å²) in [7, 11) is -2.57. The van der Waals surface area contributed by atoms with E-state index in [1.54, 1.807) is 49.6 Å². The van der Waals surface area contributed by atoms with Crippen molar-refractivity contribution in [3.63, 3.8) is 0 Å². The molecule has 0 saturated heterocycles. The van der Waals surface area contributed by atoms with E-state index in [1.807, 2.05) is 12.1 Å². The SMILES string of the molecule is Cc1nc(-c2cccc(N=S(C)(=O)c3ccc(Cl)cc3)c2)no1. The summed E-state index contributed by atoms with van der Waals surface area (Å²) < 4.78 is 22.2. The number of rotatable bonds is 3. The first kappa shape index (κ1) is 15.7. The van der Waals surface area contributed by atoms with Crippen molar-refractivity contribution in [1.29, 1.82) is 0 Å². The highest BCUT2D eigenvalue weighted by molar-refractivity contribution is 7.93. The molecule has 2 aromatic carbocycles. The maximum Gasteiger partial charge on any atom is 0.223 e. The molecule has 0 aliphatic carbocycles. The lowest BCUT2D eigenvalue weighted by Gasteiger charge is -2.05. The second kappa shape index (κ2) is 6.14. The normalized spacial score (nSPS) is 13.5. The summed E-state index contributed by atoms with van der Waals surface area (Å²) in [5.41, 5.74) is 1.35. The Balaban J connectivity index is 2.01. The maximum atomic E-state index is 12.9. The molecule has 1 atom stereocenters. The van der Waals surface area contributed by atoms with Crippen molar-refractivity contribution in [2.75, 3.05) is 6.26 Å². The molecule has 0 fully saturated rings. The fourth-order valence-corrected chi connectivity index (χ4v) is 3.45. The molecule has 3 rings (SSSR count). The molecule has 0 aliphatic heterocycles. The Hall–Kier alpha value is -2.18. The molecule has 23 heavy (non-hydrogen) atoms. The molecule has 1 unspecified atom stereocenters. The molecule has 0 saturated carbocycles. The minimum Gasteiger partial charge on any atom is -0.339 e. The van der Waals surface area contributed by atoms with Gasteiger partial charge in [0.15, 0.2) is 0 Å². The summed E-state index contributed by atoms with van der Waals surface area (Å²) in [6.07, 6.45) is 1.60. The highest BCUT2D eigenvalue weighted by atomic mass is 35.5. The molecule has 3 aromatic rings. The lowest BCUT2D eigenvalue weighted by molar-refractivity contribution is 0.394. The van der Waals surface area contributed by atoms with Gasteiger partial charge < -0.3 is 4.52 Å². The topological polar surface area (TPSA) is 68.3 Å². The third-order valence-corrected chi connectivity index (χ3v) is 5.12. The van der Waals surface area contributed by atoms with E-state index in [0.717, 1.165) is 5.56 Å². The van der Waals surface area contributed by atoms with Crippen molar-refractivity contribution in [2.45, 2.75) is 11.8 Å². The van der Waals surface area contributed by atoms with Gasteiger partial charge in [0.25, 0.3) is 0 Å². The van der Waals surface area contributed by atoms with Gasteiger partial charge in [0.1, 0.15) is 0 Å². The smallest absolute Gasteiger partial charge is 0.223 e. The standard InChI is InChI=1S/C16H14ClN3O2S/c1-11-18-16(19-22-11)12-4-3-5-14(10-12)20-23(2,21)15-8-6-13(17)7-9-15/h3-10H,1-2H3. The quantitative estimate of drug-likeness (QED) is 0.700. The van der Waals surface area contributed by atoms with Gasteiger partial charge in [-0.2, -0.15) is 9.35 Å². The van der Waals surface area contributed by atoms with E-state index in [-0.39, 0.29) is 0 Å². The average Bonchev–Trinajstić information content (AvgIpc) is 2.94. The van der Waals surface area contributed by atoms with E-state index >= 15 is 0 Å². The van der Waals surface area contributed by atoms with Crippen LogP contribution in [0.25, 0.3) is 11.4 Å². The first-order chi connectivity index (χ1) is 10.9. The van der Waals surface area contributed by atoms with E-state index in [4.69, 9.17) is 16.1 Å². The molecule has 1 heterocycles. The van der Waals surface area contributed by atoms with Crippen molar-refractivity contribution in [2.24, 2.45) is 4.36 Å². The van der Waals surface area contributed by atoms with Crippen molar-refractivity contribution in [1.82, 2.24) is 10.1 Å². The molecule has 0 amide bonds. The van der Waals surface area contributed by atoms with Gasteiger partial charge >= 0.3 is 0 Å². The molecular formula is C16H14ClN3O2S. The lowest BCUT2D eigenvalue weighted by atomic mass is 10.2. The van der Waals surface area contributed by atoms with Gasteiger partial charge in [0.2, 0.25) is 11.7 Å². The Morgan fingerprint density at radius 1 is 1.17 bits per heavy atom. The average molecular weight is 348 g/mol. The summed E-state index contributed by atoms with van der Waals surface area (Å²) >= 11 is 5.87. The van der Waals surface area contributed by atoms with E-state index < -0.39 is 9.73 Å². The number of hydrogen-bond acceptors (Lipinski definition) is 5. The van der Waals surface area contributed by atoms with Crippen LogP contribution in [-0.2, 0) is 9.73 Å². The zero-order valence-electron chi connectivity index (χ0n) is 12.6. The van der Waals surface area contributed by atoms with Crippen LogP contribution in [0.4, 0.5) is 5.69 Å². The lowest BCUT2D eigenvalue weighted by Crippen LogP contribution is -1.96. The Morgan fingerprint density at radius 3 is 2.57 bits per heavy atom. The van der Waals surface area contributed by atoms with Gasteiger partial charge in [-0.05, 0) is 36.4 Å². The van der Waals surface area contributed by atoms with Gasteiger partial charge in [0, 0.05) is 28.7 Å². The molecule has 118 valence electrons. The van der Waals surface area contributed by atoms with Crippen molar-refractivity contribution < 1.29 is 8.73 Å². The number of nitrogens with zero attached hydrogens (tertiary/aromatic N) is 3. The number of aryl methyl sites for hydroxylation is 1. The van der Waals surface area contributed by atoms with Crippen LogP contribution in [0.15, 0.2) is 62.3 Å². The van der Waals surface area contributed by atoms with E-state index in [0.29, 0.717) is 27.3 Å². The van der Waals surface area contributed by atoms with Crippen LogP contribution in [0.2, 0.25) is 5.02 Å².